The van der Waals surface area contributed by atoms with Crippen molar-refractivity contribution in [1.82, 2.24) is 4.90 Å². The predicted molar refractivity (Wildman–Crippen MR) is 33.9 cm³/mol. The van der Waals surface area contributed by atoms with E-state index in [-0.39, 0.29) is 6.17 Å². The van der Waals surface area contributed by atoms with E-state index < -0.39 is 0 Å². The molecule has 3 nitrogen and oxygen atoms in total. The molecule has 3 unspecified atom stereocenters. The van der Waals surface area contributed by atoms with Gasteiger partial charge < -0.3 is 10.5 Å². The molecule has 1 heterocycles. The molecule has 2 fully saturated rings. The van der Waals surface area contributed by atoms with Crippen molar-refractivity contribution in [2.24, 2.45) is 5.73 Å². The van der Waals surface area contributed by atoms with E-state index in [4.69, 9.17) is 10.5 Å². The van der Waals surface area contributed by atoms with Gasteiger partial charge in [-0.25, -0.2) is 0 Å². The normalized spacial score (nSPS) is 50.7. The number of likely N-dealkylation sites (N-methyl/N-ethyl adjacent to an activating group) is 1. The summed E-state index contributed by atoms with van der Waals surface area (Å²) in [7, 11) is 2.07. The van der Waals surface area contributed by atoms with E-state index in [0.29, 0.717) is 18.8 Å². The third kappa shape index (κ3) is 0.764. The summed E-state index contributed by atoms with van der Waals surface area (Å²) in [6, 6.07) is 0.633. The minimum absolute atomic E-state index is 0.133. The largest absolute Gasteiger partial charge is 0.374 e. The van der Waals surface area contributed by atoms with Crippen LogP contribution in [-0.4, -0.2) is 36.9 Å². The average molecular weight is 128 g/mol. The van der Waals surface area contributed by atoms with Gasteiger partial charge in [0.05, 0.1) is 18.9 Å². The second kappa shape index (κ2) is 1.68. The van der Waals surface area contributed by atoms with E-state index in [0.717, 1.165) is 0 Å². The van der Waals surface area contributed by atoms with Gasteiger partial charge in [0.1, 0.15) is 0 Å². The molecule has 52 valence electrons. The number of nitrogens with two attached hydrogens (primary N) is 1. The van der Waals surface area contributed by atoms with Gasteiger partial charge in [-0.05, 0) is 13.5 Å². The van der Waals surface area contributed by atoms with Gasteiger partial charge in [0.25, 0.3) is 0 Å². The standard InChI is InChI=1S/C6H12N2O/c1-8-4-2-5(4)9-3-6(8)7/h4-6H,2-3,7H2,1H3. The molecule has 0 aromatic rings. The lowest BCUT2D eigenvalue weighted by atomic mass is 10.4. The molecule has 1 aliphatic carbocycles. The van der Waals surface area contributed by atoms with Crippen molar-refractivity contribution < 1.29 is 4.74 Å². The molecule has 2 N–H and O–H groups in total. The monoisotopic (exact) mass is 128 g/mol. The zero-order valence-corrected chi connectivity index (χ0v) is 5.58. The Labute approximate surface area is 54.8 Å². The van der Waals surface area contributed by atoms with E-state index in [1.807, 2.05) is 0 Å². The maximum atomic E-state index is 5.70. The van der Waals surface area contributed by atoms with Crippen molar-refractivity contribution in [3.8, 4) is 0 Å². The number of morpholine rings is 1. The number of ether oxygens (including phenoxy) is 1. The quantitative estimate of drug-likeness (QED) is 0.472. The lowest BCUT2D eigenvalue weighted by Gasteiger charge is -2.28. The summed E-state index contributed by atoms with van der Waals surface area (Å²) in [5.74, 6) is 0. The van der Waals surface area contributed by atoms with Gasteiger partial charge in [-0.15, -0.1) is 0 Å². The van der Waals surface area contributed by atoms with Gasteiger partial charge in [-0.1, -0.05) is 0 Å². The first kappa shape index (κ1) is 5.65. The highest BCUT2D eigenvalue weighted by Gasteiger charge is 2.46. The molecular formula is C6H12N2O. The fourth-order valence-electron chi connectivity index (χ4n) is 1.35. The summed E-state index contributed by atoms with van der Waals surface area (Å²) >= 11 is 0. The molecule has 1 aliphatic heterocycles. The molecule has 3 atom stereocenters. The Balaban J connectivity index is 2.02. The Hall–Kier alpha value is -0.120. The van der Waals surface area contributed by atoms with E-state index in [9.17, 15) is 0 Å². The van der Waals surface area contributed by atoms with Gasteiger partial charge in [0.2, 0.25) is 0 Å². The highest BCUT2D eigenvalue weighted by atomic mass is 16.5. The number of rotatable bonds is 0. The first-order valence-corrected chi connectivity index (χ1v) is 3.38. The minimum Gasteiger partial charge on any atom is -0.374 e. The lowest BCUT2D eigenvalue weighted by Crippen LogP contribution is -2.48. The second-order valence-corrected chi connectivity index (χ2v) is 2.91. The number of fused-ring (bicyclic) bond motifs is 1. The van der Waals surface area contributed by atoms with Crippen molar-refractivity contribution in [3.63, 3.8) is 0 Å². The summed E-state index contributed by atoms with van der Waals surface area (Å²) in [5, 5.41) is 0. The molecule has 9 heavy (non-hydrogen) atoms. The molecule has 1 saturated heterocycles. The molecule has 0 spiro atoms. The molecule has 1 saturated carbocycles. The maximum absolute atomic E-state index is 5.70. The molecule has 0 radical (unpaired) electrons. The van der Waals surface area contributed by atoms with Crippen molar-refractivity contribution >= 4 is 0 Å². The predicted octanol–water partition coefficient (Wildman–Crippen LogP) is -0.626. The molecular weight excluding hydrogens is 116 g/mol. The average Bonchev–Trinajstić information content (AvgIpc) is 2.58. The van der Waals surface area contributed by atoms with E-state index in [1.165, 1.54) is 6.42 Å². The van der Waals surface area contributed by atoms with Gasteiger partial charge in [0, 0.05) is 6.04 Å². The summed E-state index contributed by atoms with van der Waals surface area (Å²) in [6.07, 6.45) is 1.83. The van der Waals surface area contributed by atoms with Crippen LogP contribution in [0.3, 0.4) is 0 Å². The van der Waals surface area contributed by atoms with Crippen LogP contribution in [0.15, 0.2) is 0 Å². The SMILES string of the molecule is CN1C(N)COC2CC21. The van der Waals surface area contributed by atoms with E-state index in [1.54, 1.807) is 0 Å². The summed E-state index contributed by atoms with van der Waals surface area (Å²) in [5.41, 5.74) is 5.70. The Morgan fingerprint density at radius 3 is 3.11 bits per heavy atom. The third-order valence-electron chi connectivity index (χ3n) is 2.23. The molecule has 2 rings (SSSR count). The summed E-state index contributed by atoms with van der Waals surface area (Å²) < 4.78 is 5.37. The zero-order valence-electron chi connectivity index (χ0n) is 5.58. The Kier molecular flexibility index (Phi) is 1.06. The highest BCUT2D eigenvalue weighted by molar-refractivity contribution is 4.99. The van der Waals surface area contributed by atoms with Crippen LogP contribution in [0, 0.1) is 0 Å². The first-order valence-electron chi connectivity index (χ1n) is 3.38. The van der Waals surface area contributed by atoms with Gasteiger partial charge in [-0.2, -0.15) is 0 Å². The van der Waals surface area contributed by atoms with Crippen LogP contribution in [0.1, 0.15) is 6.42 Å². The molecule has 0 bridgehead atoms. The fraction of sp³-hybridized carbons (Fsp3) is 1.00. The van der Waals surface area contributed by atoms with Crippen molar-refractivity contribution in [2.45, 2.75) is 24.7 Å². The lowest BCUT2D eigenvalue weighted by molar-refractivity contribution is 0.00268. The smallest absolute Gasteiger partial charge is 0.0814 e. The van der Waals surface area contributed by atoms with E-state index in [2.05, 4.69) is 11.9 Å². The van der Waals surface area contributed by atoms with Crippen LogP contribution in [0.2, 0.25) is 0 Å². The molecule has 3 heteroatoms. The van der Waals surface area contributed by atoms with Crippen molar-refractivity contribution in [3.05, 3.63) is 0 Å². The Bertz CT molecular complexity index is 126. The summed E-state index contributed by atoms with van der Waals surface area (Å²) in [6.45, 7) is 0.706. The number of hydrogen-bond donors (Lipinski definition) is 1. The molecule has 0 aromatic carbocycles. The Morgan fingerprint density at radius 1 is 1.67 bits per heavy atom. The summed E-state index contributed by atoms with van der Waals surface area (Å²) in [4.78, 5) is 2.20. The number of nitrogens with zero attached hydrogens (tertiary/aromatic N) is 1. The van der Waals surface area contributed by atoms with Crippen molar-refractivity contribution in [1.29, 1.82) is 0 Å². The van der Waals surface area contributed by atoms with Crippen LogP contribution in [-0.2, 0) is 4.74 Å². The maximum Gasteiger partial charge on any atom is 0.0814 e. The minimum atomic E-state index is 0.133. The van der Waals surface area contributed by atoms with Gasteiger partial charge in [-0.3, -0.25) is 4.90 Å². The topological polar surface area (TPSA) is 38.5 Å². The first-order chi connectivity index (χ1) is 4.29. The van der Waals surface area contributed by atoms with E-state index >= 15 is 0 Å². The third-order valence-corrected chi connectivity index (χ3v) is 2.23. The molecule has 0 amide bonds. The Morgan fingerprint density at radius 2 is 2.44 bits per heavy atom. The van der Waals surface area contributed by atoms with Crippen LogP contribution in [0.4, 0.5) is 0 Å². The van der Waals surface area contributed by atoms with Crippen LogP contribution < -0.4 is 5.73 Å². The highest BCUT2D eigenvalue weighted by Crippen LogP contribution is 2.34. The molecule has 0 aromatic heterocycles. The van der Waals surface area contributed by atoms with Gasteiger partial charge in [0.15, 0.2) is 0 Å². The van der Waals surface area contributed by atoms with Gasteiger partial charge >= 0.3 is 0 Å². The zero-order chi connectivity index (χ0) is 6.43. The number of hydrogen-bond acceptors (Lipinski definition) is 3. The van der Waals surface area contributed by atoms with Crippen LogP contribution >= 0.6 is 0 Å². The fourth-order valence-corrected chi connectivity index (χ4v) is 1.35. The van der Waals surface area contributed by atoms with Crippen LogP contribution in [0.5, 0.6) is 0 Å². The second-order valence-electron chi connectivity index (χ2n) is 2.91. The van der Waals surface area contributed by atoms with Crippen LogP contribution in [0.25, 0.3) is 0 Å². The molecule has 2 aliphatic rings. The van der Waals surface area contributed by atoms with Crippen molar-refractivity contribution in [2.75, 3.05) is 13.7 Å².